The Balaban J connectivity index is 1.91. The second kappa shape index (κ2) is 4.89. The number of pyridine rings is 1. The van der Waals surface area contributed by atoms with Gasteiger partial charge in [0.25, 0.3) is 0 Å². The molecule has 0 atom stereocenters. The summed E-state index contributed by atoms with van der Waals surface area (Å²) in [7, 11) is 0. The van der Waals surface area contributed by atoms with Crippen LogP contribution in [0.5, 0.6) is 0 Å². The standard InChI is InChI=1S/C14H13N5/c15-13-3-4-14(11-5-7-16-9-12(11)13)17-8-10-2-1-6-18-19-10/h1-7,9,17H,8,15H2. The van der Waals surface area contributed by atoms with Crippen molar-refractivity contribution in [2.45, 2.75) is 6.54 Å². The van der Waals surface area contributed by atoms with Gasteiger partial charge in [0.05, 0.1) is 12.2 Å². The quantitative estimate of drug-likeness (QED) is 0.698. The van der Waals surface area contributed by atoms with E-state index in [-0.39, 0.29) is 0 Å². The molecule has 5 nitrogen and oxygen atoms in total. The highest BCUT2D eigenvalue weighted by atomic mass is 15.1. The number of nitrogens with one attached hydrogen (secondary N) is 1. The molecule has 0 spiro atoms. The number of hydrogen-bond donors (Lipinski definition) is 2. The Bertz CT molecular complexity index is 697. The van der Waals surface area contributed by atoms with Crippen molar-refractivity contribution in [3.8, 4) is 0 Å². The van der Waals surface area contributed by atoms with Gasteiger partial charge in [-0.05, 0) is 30.3 Å². The minimum Gasteiger partial charge on any atom is -0.398 e. The third-order valence-corrected chi connectivity index (χ3v) is 2.94. The molecule has 0 amide bonds. The first-order valence-corrected chi connectivity index (χ1v) is 5.97. The van der Waals surface area contributed by atoms with Gasteiger partial charge in [-0.25, -0.2) is 0 Å². The predicted octanol–water partition coefficient (Wildman–Crippen LogP) is 2.22. The molecule has 0 saturated carbocycles. The molecule has 1 aromatic carbocycles. The maximum absolute atomic E-state index is 5.94. The second-order valence-electron chi connectivity index (χ2n) is 4.19. The van der Waals surface area contributed by atoms with Gasteiger partial charge >= 0.3 is 0 Å². The monoisotopic (exact) mass is 251 g/mol. The van der Waals surface area contributed by atoms with E-state index in [2.05, 4.69) is 20.5 Å². The van der Waals surface area contributed by atoms with Crippen molar-refractivity contribution in [2.24, 2.45) is 0 Å². The van der Waals surface area contributed by atoms with Crippen LogP contribution in [0.25, 0.3) is 10.8 Å². The number of nitrogens with zero attached hydrogens (tertiary/aromatic N) is 3. The normalized spacial score (nSPS) is 10.5. The number of benzene rings is 1. The summed E-state index contributed by atoms with van der Waals surface area (Å²) >= 11 is 0. The van der Waals surface area contributed by atoms with E-state index in [0.29, 0.717) is 6.54 Å². The zero-order valence-electron chi connectivity index (χ0n) is 10.2. The SMILES string of the molecule is Nc1ccc(NCc2cccnn2)c2ccncc12. The highest BCUT2D eigenvalue weighted by Crippen LogP contribution is 2.27. The van der Waals surface area contributed by atoms with E-state index < -0.39 is 0 Å². The van der Waals surface area contributed by atoms with Crippen molar-refractivity contribution < 1.29 is 0 Å². The van der Waals surface area contributed by atoms with Gasteiger partial charge in [0, 0.05) is 40.7 Å². The fraction of sp³-hybridized carbons (Fsp3) is 0.0714. The largest absolute Gasteiger partial charge is 0.398 e. The van der Waals surface area contributed by atoms with Crippen LogP contribution in [-0.4, -0.2) is 15.2 Å². The average molecular weight is 251 g/mol. The van der Waals surface area contributed by atoms with Crippen LogP contribution in [0.3, 0.4) is 0 Å². The van der Waals surface area contributed by atoms with Crippen molar-refractivity contribution in [1.82, 2.24) is 15.2 Å². The highest BCUT2D eigenvalue weighted by molar-refractivity contribution is 6.00. The number of aromatic nitrogens is 3. The molecule has 0 saturated heterocycles. The number of nitrogen functional groups attached to an aromatic ring is 1. The summed E-state index contributed by atoms with van der Waals surface area (Å²) in [6.07, 6.45) is 5.20. The summed E-state index contributed by atoms with van der Waals surface area (Å²) in [5.41, 5.74) is 8.57. The Morgan fingerprint density at radius 3 is 2.84 bits per heavy atom. The Morgan fingerprint density at radius 1 is 1.05 bits per heavy atom. The zero-order valence-corrected chi connectivity index (χ0v) is 10.2. The molecule has 0 bridgehead atoms. The first-order valence-electron chi connectivity index (χ1n) is 5.97. The molecule has 3 aromatic rings. The minimum atomic E-state index is 0.620. The summed E-state index contributed by atoms with van der Waals surface area (Å²) < 4.78 is 0. The van der Waals surface area contributed by atoms with E-state index >= 15 is 0 Å². The second-order valence-corrected chi connectivity index (χ2v) is 4.19. The first kappa shape index (κ1) is 11.4. The van der Waals surface area contributed by atoms with Crippen molar-refractivity contribution in [1.29, 1.82) is 0 Å². The summed E-state index contributed by atoms with van der Waals surface area (Å²) in [6, 6.07) is 9.60. The molecule has 3 N–H and O–H groups in total. The summed E-state index contributed by atoms with van der Waals surface area (Å²) in [5.74, 6) is 0. The molecule has 5 heteroatoms. The van der Waals surface area contributed by atoms with E-state index in [9.17, 15) is 0 Å². The van der Waals surface area contributed by atoms with Gasteiger partial charge in [-0.2, -0.15) is 10.2 Å². The van der Waals surface area contributed by atoms with Gasteiger partial charge < -0.3 is 11.1 Å². The van der Waals surface area contributed by atoms with Crippen LogP contribution >= 0.6 is 0 Å². The lowest BCUT2D eigenvalue weighted by Crippen LogP contribution is -2.03. The van der Waals surface area contributed by atoms with E-state index in [4.69, 9.17) is 5.73 Å². The lowest BCUT2D eigenvalue weighted by atomic mass is 10.1. The van der Waals surface area contributed by atoms with Crippen LogP contribution in [0.15, 0.2) is 48.9 Å². The zero-order chi connectivity index (χ0) is 13.1. The van der Waals surface area contributed by atoms with Crippen LogP contribution in [0, 0.1) is 0 Å². The number of nitrogens with two attached hydrogens (primary N) is 1. The number of anilines is 2. The Kier molecular flexibility index (Phi) is 2.94. The van der Waals surface area contributed by atoms with Gasteiger partial charge in [-0.3, -0.25) is 4.98 Å². The summed E-state index contributed by atoms with van der Waals surface area (Å²) in [4.78, 5) is 4.10. The Morgan fingerprint density at radius 2 is 2.00 bits per heavy atom. The van der Waals surface area contributed by atoms with E-state index in [0.717, 1.165) is 27.8 Å². The third kappa shape index (κ3) is 2.30. The van der Waals surface area contributed by atoms with Crippen molar-refractivity contribution in [2.75, 3.05) is 11.1 Å². The number of fused-ring (bicyclic) bond motifs is 1. The van der Waals surface area contributed by atoms with E-state index in [1.807, 2.05) is 30.3 Å². The maximum atomic E-state index is 5.94. The van der Waals surface area contributed by atoms with Crippen LogP contribution in [0.1, 0.15) is 5.69 Å². The molecule has 2 heterocycles. The molecule has 0 fully saturated rings. The Labute approximate surface area is 110 Å². The number of rotatable bonds is 3. The molecule has 19 heavy (non-hydrogen) atoms. The fourth-order valence-electron chi connectivity index (χ4n) is 1.98. The maximum Gasteiger partial charge on any atom is 0.0821 e. The summed E-state index contributed by atoms with van der Waals surface area (Å²) in [5, 5.41) is 13.2. The molecule has 94 valence electrons. The van der Waals surface area contributed by atoms with Crippen LogP contribution in [-0.2, 0) is 6.54 Å². The fourth-order valence-corrected chi connectivity index (χ4v) is 1.98. The lowest BCUT2D eigenvalue weighted by molar-refractivity contribution is 0.926. The number of hydrogen-bond acceptors (Lipinski definition) is 5. The van der Waals surface area contributed by atoms with Gasteiger partial charge in [0.1, 0.15) is 0 Å². The van der Waals surface area contributed by atoms with Crippen LogP contribution in [0.2, 0.25) is 0 Å². The molecular formula is C14H13N5. The molecular weight excluding hydrogens is 238 g/mol. The van der Waals surface area contributed by atoms with Crippen molar-refractivity contribution >= 4 is 22.1 Å². The van der Waals surface area contributed by atoms with Gasteiger partial charge in [-0.15, -0.1) is 0 Å². The van der Waals surface area contributed by atoms with E-state index in [1.54, 1.807) is 18.6 Å². The van der Waals surface area contributed by atoms with Crippen LogP contribution < -0.4 is 11.1 Å². The third-order valence-electron chi connectivity index (χ3n) is 2.94. The molecule has 0 aliphatic carbocycles. The summed E-state index contributed by atoms with van der Waals surface area (Å²) in [6.45, 7) is 0.620. The van der Waals surface area contributed by atoms with Crippen molar-refractivity contribution in [3.63, 3.8) is 0 Å². The average Bonchev–Trinajstić information content (AvgIpc) is 2.48. The van der Waals surface area contributed by atoms with Gasteiger partial charge in [0.2, 0.25) is 0 Å². The van der Waals surface area contributed by atoms with Gasteiger partial charge in [-0.1, -0.05) is 0 Å². The molecule has 0 aliphatic heterocycles. The molecule has 3 rings (SSSR count). The molecule has 2 aromatic heterocycles. The van der Waals surface area contributed by atoms with E-state index in [1.165, 1.54) is 0 Å². The lowest BCUT2D eigenvalue weighted by Gasteiger charge is -2.10. The molecule has 0 aliphatic rings. The Hall–Kier alpha value is -2.69. The predicted molar refractivity (Wildman–Crippen MR) is 75.5 cm³/mol. The molecule has 0 radical (unpaired) electrons. The topological polar surface area (TPSA) is 76.7 Å². The molecule has 0 unspecified atom stereocenters. The first-order chi connectivity index (χ1) is 9.34. The smallest absolute Gasteiger partial charge is 0.0821 e. The van der Waals surface area contributed by atoms with Gasteiger partial charge in [0.15, 0.2) is 0 Å². The van der Waals surface area contributed by atoms with Crippen molar-refractivity contribution in [3.05, 3.63) is 54.6 Å². The minimum absolute atomic E-state index is 0.620. The highest BCUT2D eigenvalue weighted by Gasteiger charge is 2.04. The van der Waals surface area contributed by atoms with Crippen LogP contribution in [0.4, 0.5) is 11.4 Å².